The number of rotatable bonds is 2. The summed E-state index contributed by atoms with van der Waals surface area (Å²) >= 11 is 0. The van der Waals surface area contributed by atoms with E-state index in [-0.39, 0.29) is 5.56 Å². The average Bonchev–Trinajstić information content (AvgIpc) is 2.55. The Labute approximate surface area is 127 Å². The molecule has 5 heteroatoms. The quantitative estimate of drug-likeness (QED) is 0.783. The van der Waals surface area contributed by atoms with E-state index in [0.717, 1.165) is 19.5 Å². The largest absolute Gasteiger partial charge is 0.309 e. The Bertz CT molecular complexity index is 887. The number of fused-ring (bicyclic) bond motifs is 2. The van der Waals surface area contributed by atoms with Gasteiger partial charge in [-0.3, -0.25) is 14.7 Å². The van der Waals surface area contributed by atoms with Crippen molar-refractivity contribution in [3.8, 4) is 0 Å². The number of nitrogens with one attached hydrogen (secondary N) is 1. The molecule has 0 aliphatic carbocycles. The normalized spacial score (nSPS) is 14.9. The van der Waals surface area contributed by atoms with Crippen molar-refractivity contribution in [2.24, 2.45) is 0 Å². The molecule has 0 saturated carbocycles. The van der Waals surface area contributed by atoms with Crippen molar-refractivity contribution < 1.29 is 0 Å². The number of benzene rings is 1. The zero-order valence-corrected chi connectivity index (χ0v) is 12.1. The van der Waals surface area contributed by atoms with E-state index in [1.807, 2.05) is 0 Å². The van der Waals surface area contributed by atoms with Gasteiger partial charge < -0.3 is 4.98 Å². The minimum atomic E-state index is -0.0974. The Morgan fingerprint density at radius 3 is 2.95 bits per heavy atom. The highest BCUT2D eigenvalue weighted by Crippen LogP contribution is 2.19. The topological polar surface area (TPSA) is 61.9 Å². The third-order valence-electron chi connectivity index (χ3n) is 4.14. The molecule has 0 unspecified atom stereocenters. The molecule has 1 aromatic carbocycles. The zero-order chi connectivity index (χ0) is 14.9. The minimum absolute atomic E-state index is 0.0974. The lowest BCUT2D eigenvalue weighted by atomic mass is 10.00. The highest BCUT2D eigenvalue weighted by atomic mass is 16.1. The highest BCUT2D eigenvalue weighted by molar-refractivity contribution is 5.75. The van der Waals surface area contributed by atoms with Crippen LogP contribution in [0.2, 0.25) is 0 Å². The SMILES string of the molecule is O=c1[nH]c(CN2CCc3ccccc3C2)nc2cnccc12. The second-order valence-electron chi connectivity index (χ2n) is 5.63. The number of aromatic amines is 1. The van der Waals surface area contributed by atoms with Crippen molar-refractivity contribution in [2.75, 3.05) is 6.54 Å². The van der Waals surface area contributed by atoms with Crippen molar-refractivity contribution in [3.05, 3.63) is 70.0 Å². The van der Waals surface area contributed by atoms with Crippen LogP contribution < -0.4 is 5.56 Å². The summed E-state index contributed by atoms with van der Waals surface area (Å²) in [5, 5.41) is 0.586. The van der Waals surface area contributed by atoms with Gasteiger partial charge in [-0.25, -0.2) is 4.98 Å². The van der Waals surface area contributed by atoms with Gasteiger partial charge in [-0.05, 0) is 23.6 Å². The van der Waals surface area contributed by atoms with E-state index in [0.29, 0.717) is 23.3 Å². The molecule has 3 heterocycles. The summed E-state index contributed by atoms with van der Waals surface area (Å²) in [4.78, 5) is 25.9. The standard InChI is InChI=1S/C17H16N4O/c22-17-14-5-7-18-9-15(14)19-16(20-17)11-21-8-6-12-3-1-2-4-13(12)10-21/h1-5,7,9H,6,8,10-11H2,(H,19,20,22). The molecule has 4 rings (SSSR count). The summed E-state index contributed by atoms with van der Waals surface area (Å²) in [6, 6.07) is 10.2. The van der Waals surface area contributed by atoms with Crippen LogP contribution in [0.5, 0.6) is 0 Å². The van der Waals surface area contributed by atoms with Crippen LogP contribution in [-0.4, -0.2) is 26.4 Å². The highest BCUT2D eigenvalue weighted by Gasteiger charge is 2.17. The van der Waals surface area contributed by atoms with Crippen LogP contribution in [0, 0.1) is 0 Å². The van der Waals surface area contributed by atoms with Crippen molar-refractivity contribution in [1.29, 1.82) is 0 Å². The molecule has 2 aromatic heterocycles. The van der Waals surface area contributed by atoms with Crippen LogP contribution in [0.15, 0.2) is 47.5 Å². The number of pyridine rings is 1. The monoisotopic (exact) mass is 292 g/mol. The molecular formula is C17H16N4O. The van der Waals surface area contributed by atoms with Gasteiger partial charge in [0.15, 0.2) is 0 Å². The molecule has 0 fully saturated rings. The van der Waals surface area contributed by atoms with Crippen molar-refractivity contribution >= 4 is 10.9 Å². The lowest BCUT2D eigenvalue weighted by Gasteiger charge is -2.28. The van der Waals surface area contributed by atoms with Gasteiger partial charge in [0.2, 0.25) is 0 Å². The first-order chi connectivity index (χ1) is 10.8. The molecule has 110 valence electrons. The fraction of sp³-hybridized carbons (Fsp3) is 0.235. The van der Waals surface area contributed by atoms with E-state index in [4.69, 9.17) is 0 Å². The molecule has 1 aliphatic heterocycles. The molecule has 0 amide bonds. The first kappa shape index (κ1) is 13.2. The van der Waals surface area contributed by atoms with E-state index in [1.165, 1.54) is 11.1 Å². The summed E-state index contributed by atoms with van der Waals surface area (Å²) in [5.41, 5.74) is 3.33. The molecule has 5 nitrogen and oxygen atoms in total. The van der Waals surface area contributed by atoms with Crippen LogP contribution >= 0.6 is 0 Å². The van der Waals surface area contributed by atoms with Crippen LogP contribution in [0.1, 0.15) is 17.0 Å². The fourth-order valence-corrected chi connectivity index (χ4v) is 3.01. The maximum Gasteiger partial charge on any atom is 0.258 e. The Morgan fingerprint density at radius 2 is 2.05 bits per heavy atom. The molecule has 0 spiro atoms. The molecule has 0 bridgehead atoms. The van der Waals surface area contributed by atoms with E-state index in [1.54, 1.807) is 18.5 Å². The van der Waals surface area contributed by atoms with Gasteiger partial charge in [-0.2, -0.15) is 0 Å². The minimum Gasteiger partial charge on any atom is -0.309 e. The Hall–Kier alpha value is -2.53. The number of hydrogen-bond acceptors (Lipinski definition) is 4. The number of H-pyrrole nitrogens is 1. The summed E-state index contributed by atoms with van der Waals surface area (Å²) in [6.07, 6.45) is 4.29. The molecular weight excluding hydrogens is 276 g/mol. The summed E-state index contributed by atoms with van der Waals surface area (Å²) in [5.74, 6) is 0.699. The van der Waals surface area contributed by atoms with E-state index >= 15 is 0 Å². The molecule has 0 atom stereocenters. The zero-order valence-electron chi connectivity index (χ0n) is 12.1. The number of hydrogen-bond donors (Lipinski definition) is 1. The maximum absolute atomic E-state index is 12.1. The van der Waals surface area contributed by atoms with Gasteiger partial charge >= 0.3 is 0 Å². The Kier molecular flexibility index (Phi) is 3.20. The van der Waals surface area contributed by atoms with Gasteiger partial charge in [0.05, 0.1) is 23.6 Å². The van der Waals surface area contributed by atoms with E-state index < -0.39 is 0 Å². The van der Waals surface area contributed by atoms with Gasteiger partial charge in [0.25, 0.3) is 5.56 Å². The lowest BCUT2D eigenvalue weighted by Crippen LogP contribution is -2.31. The van der Waals surface area contributed by atoms with Crippen LogP contribution in [0.4, 0.5) is 0 Å². The Morgan fingerprint density at radius 1 is 1.18 bits per heavy atom. The van der Waals surface area contributed by atoms with Gasteiger partial charge in [-0.1, -0.05) is 24.3 Å². The first-order valence-electron chi connectivity index (χ1n) is 7.42. The summed E-state index contributed by atoms with van der Waals surface area (Å²) in [6.45, 7) is 2.52. The molecule has 0 saturated heterocycles. The van der Waals surface area contributed by atoms with Crippen molar-refractivity contribution in [1.82, 2.24) is 19.9 Å². The van der Waals surface area contributed by atoms with E-state index in [2.05, 4.69) is 44.1 Å². The number of nitrogens with zero attached hydrogens (tertiary/aromatic N) is 3. The lowest BCUT2D eigenvalue weighted by molar-refractivity contribution is 0.239. The average molecular weight is 292 g/mol. The van der Waals surface area contributed by atoms with Crippen molar-refractivity contribution in [2.45, 2.75) is 19.5 Å². The fourth-order valence-electron chi connectivity index (χ4n) is 3.01. The molecule has 1 N–H and O–H groups in total. The summed E-state index contributed by atoms with van der Waals surface area (Å²) < 4.78 is 0. The summed E-state index contributed by atoms with van der Waals surface area (Å²) in [7, 11) is 0. The molecule has 22 heavy (non-hydrogen) atoms. The molecule has 3 aromatic rings. The second-order valence-corrected chi connectivity index (χ2v) is 5.63. The smallest absolute Gasteiger partial charge is 0.258 e. The molecule has 1 aliphatic rings. The third-order valence-corrected chi connectivity index (χ3v) is 4.14. The van der Waals surface area contributed by atoms with Crippen LogP contribution in [-0.2, 0) is 19.5 Å². The van der Waals surface area contributed by atoms with E-state index in [9.17, 15) is 4.79 Å². The maximum atomic E-state index is 12.1. The predicted octanol–water partition coefficient (Wildman–Crippen LogP) is 1.88. The molecule has 0 radical (unpaired) electrons. The van der Waals surface area contributed by atoms with Crippen LogP contribution in [0.3, 0.4) is 0 Å². The van der Waals surface area contributed by atoms with Crippen molar-refractivity contribution in [3.63, 3.8) is 0 Å². The third kappa shape index (κ3) is 2.40. The first-order valence-corrected chi connectivity index (χ1v) is 7.42. The number of aromatic nitrogens is 3. The Balaban J connectivity index is 1.61. The predicted molar refractivity (Wildman–Crippen MR) is 84.4 cm³/mol. The second kappa shape index (κ2) is 5.35. The van der Waals surface area contributed by atoms with Gasteiger partial charge in [-0.15, -0.1) is 0 Å². The van der Waals surface area contributed by atoms with Gasteiger partial charge in [0, 0.05) is 19.3 Å². The van der Waals surface area contributed by atoms with Gasteiger partial charge in [0.1, 0.15) is 5.82 Å². The van der Waals surface area contributed by atoms with Crippen LogP contribution in [0.25, 0.3) is 10.9 Å².